The number of benzene rings is 2. The van der Waals surface area contributed by atoms with Gasteiger partial charge in [-0.15, -0.1) is 0 Å². The van der Waals surface area contributed by atoms with Gasteiger partial charge in [-0.2, -0.15) is 0 Å². The lowest BCUT2D eigenvalue weighted by Gasteiger charge is -2.18. The number of aliphatic hydroxyl groups is 1. The maximum Gasteiger partial charge on any atom is 0.254 e. The van der Waals surface area contributed by atoms with Crippen LogP contribution in [-0.2, 0) is 7.05 Å². The molecule has 2 atom stereocenters. The van der Waals surface area contributed by atoms with Crippen LogP contribution < -0.4 is 5.73 Å². The Morgan fingerprint density at radius 3 is 2.63 bits per heavy atom. The smallest absolute Gasteiger partial charge is 0.254 e. The van der Waals surface area contributed by atoms with Gasteiger partial charge < -0.3 is 24.9 Å². The van der Waals surface area contributed by atoms with Gasteiger partial charge in [-0.1, -0.05) is 0 Å². The standard InChI is InChI=1S/C22H21N5O3/c1-25-12-24-16-9-15(3-5-18(16)25)22(30)26-10-19(20(28)11-26)27-7-6-13-8-14(21(23)29)2-4-17(13)27/h2-9,12,19-20,28H,10-11H2,1H3,(H2,23,29)/t19-,20-/m1/s1. The molecule has 0 radical (unpaired) electrons. The number of primary amides is 1. The first-order valence-electron chi connectivity index (χ1n) is 9.71. The molecule has 3 N–H and O–H groups in total. The summed E-state index contributed by atoms with van der Waals surface area (Å²) in [5.74, 6) is -0.608. The first kappa shape index (κ1) is 18.4. The Morgan fingerprint density at radius 1 is 1.07 bits per heavy atom. The summed E-state index contributed by atoms with van der Waals surface area (Å²) in [6.45, 7) is 0.643. The monoisotopic (exact) mass is 403 g/mol. The Bertz CT molecular complexity index is 1300. The molecule has 152 valence electrons. The van der Waals surface area contributed by atoms with E-state index in [-0.39, 0.29) is 18.5 Å². The third-order valence-electron chi connectivity index (χ3n) is 5.88. The van der Waals surface area contributed by atoms with Gasteiger partial charge in [0.05, 0.1) is 29.5 Å². The number of rotatable bonds is 3. The first-order chi connectivity index (χ1) is 14.4. The van der Waals surface area contributed by atoms with Crippen LogP contribution in [0.1, 0.15) is 26.8 Å². The predicted octanol–water partition coefficient (Wildman–Crippen LogP) is 1.68. The number of imidazole rings is 1. The number of nitrogens with zero attached hydrogens (tertiary/aromatic N) is 4. The second-order valence-corrected chi connectivity index (χ2v) is 7.76. The molecule has 1 aliphatic heterocycles. The number of β-amino-alcohol motifs (C(OH)–C–C–N with tert-alkyl or cyclic N) is 1. The van der Waals surface area contributed by atoms with Gasteiger partial charge in [0.2, 0.25) is 5.91 Å². The number of carbonyl (C=O) groups excluding carboxylic acids is 2. The highest BCUT2D eigenvalue weighted by Crippen LogP contribution is 2.29. The number of likely N-dealkylation sites (tertiary alicyclic amines) is 1. The molecule has 0 spiro atoms. The van der Waals surface area contributed by atoms with Gasteiger partial charge in [0.15, 0.2) is 0 Å². The second-order valence-electron chi connectivity index (χ2n) is 7.76. The number of nitrogens with two attached hydrogens (primary N) is 1. The minimum Gasteiger partial charge on any atom is -0.389 e. The summed E-state index contributed by atoms with van der Waals surface area (Å²) in [5, 5.41) is 11.6. The third-order valence-corrected chi connectivity index (χ3v) is 5.88. The van der Waals surface area contributed by atoms with E-state index in [1.807, 2.05) is 40.6 Å². The van der Waals surface area contributed by atoms with Crippen LogP contribution in [0.4, 0.5) is 0 Å². The Kier molecular flexibility index (Phi) is 4.11. The molecule has 0 unspecified atom stereocenters. The molecule has 0 bridgehead atoms. The molecule has 2 amide bonds. The zero-order valence-corrected chi connectivity index (χ0v) is 16.4. The van der Waals surface area contributed by atoms with Gasteiger partial charge in [0.25, 0.3) is 5.91 Å². The number of aromatic nitrogens is 3. The summed E-state index contributed by atoms with van der Waals surface area (Å²) in [6, 6.07) is 12.3. The molecular weight excluding hydrogens is 382 g/mol. The average molecular weight is 403 g/mol. The molecule has 1 saturated heterocycles. The Labute approximate surface area is 172 Å². The number of amides is 2. The second kappa shape index (κ2) is 6.70. The van der Waals surface area contributed by atoms with Crippen molar-refractivity contribution in [2.24, 2.45) is 12.8 Å². The van der Waals surface area contributed by atoms with Gasteiger partial charge in [-0.3, -0.25) is 9.59 Å². The van der Waals surface area contributed by atoms with E-state index in [0.717, 1.165) is 21.9 Å². The Balaban J connectivity index is 1.42. The minimum atomic E-state index is -0.695. The van der Waals surface area contributed by atoms with Crippen molar-refractivity contribution < 1.29 is 14.7 Å². The van der Waals surface area contributed by atoms with Crippen LogP contribution in [0.3, 0.4) is 0 Å². The zero-order chi connectivity index (χ0) is 21.0. The van der Waals surface area contributed by atoms with Gasteiger partial charge in [-0.05, 0) is 42.5 Å². The van der Waals surface area contributed by atoms with E-state index in [2.05, 4.69) is 4.98 Å². The van der Waals surface area contributed by atoms with Crippen molar-refractivity contribution in [1.29, 1.82) is 0 Å². The maximum atomic E-state index is 13.1. The molecule has 1 aliphatic rings. The van der Waals surface area contributed by atoms with E-state index < -0.39 is 12.0 Å². The molecule has 8 heteroatoms. The highest BCUT2D eigenvalue weighted by atomic mass is 16.3. The lowest BCUT2D eigenvalue weighted by atomic mass is 10.1. The van der Waals surface area contributed by atoms with E-state index in [0.29, 0.717) is 17.7 Å². The molecular formula is C22H21N5O3. The first-order valence-corrected chi connectivity index (χ1v) is 9.71. The summed E-state index contributed by atoms with van der Waals surface area (Å²) in [7, 11) is 1.91. The number of hydrogen-bond acceptors (Lipinski definition) is 4. The molecule has 4 aromatic rings. The summed E-state index contributed by atoms with van der Waals surface area (Å²) >= 11 is 0. The normalized spacial score (nSPS) is 19.1. The van der Waals surface area contributed by atoms with Crippen LogP contribution in [0.2, 0.25) is 0 Å². The maximum absolute atomic E-state index is 13.1. The van der Waals surface area contributed by atoms with Crippen molar-refractivity contribution >= 4 is 33.8 Å². The van der Waals surface area contributed by atoms with Gasteiger partial charge in [0, 0.05) is 48.4 Å². The molecule has 2 aromatic carbocycles. The molecule has 30 heavy (non-hydrogen) atoms. The molecule has 2 aromatic heterocycles. The summed E-state index contributed by atoms with van der Waals surface area (Å²) in [5.41, 5.74) is 8.96. The van der Waals surface area contributed by atoms with Crippen molar-refractivity contribution in [3.05, 3.63) is 66.1 Å². The fraction of sp³-hybridized carbons (Fsp3) is 0.227. The average Bonchev–Trinajstić information content (AvgIpc) is 3.43. The SMILES string of the molecule is Cn1cnc2cc(C(=O)N3C[C@@H](O)[C@H](n4ccc5cc(C(N)=O)ccc54)C3)ccc21. The van der Waals surface area contributed by atoms with Crippen molar-refractivity contribution in [3.63, 3.8) is 0 Å². The Morgan fingerprint density at radius 2 is 1.83 bits per heavy atom. The van der Waals surface area contributed by atoms with Crippen LogP contribution in [0.5, 0.6) is 0 Å². The highest BCUT2D eigenvalue weighted by molar-refractivity contribution is 5.98. The number of aliphatic hydroxyl groups excluding tert-OH is 1. The molecule has 3 heterocycles. The van der Waals surface area contributed by atoms with E-state index in [1.54, 1.807) is 35.5 Å². The number of hydrogen-bond donors (Lipinski definition) is 2. The van der Waals surface area contributed by atoms with Crippen LogP contribution in [0.15, 0.2) is 55.0 Å². The van der Waals surface area contributed by atoms with Crippen molar-refractivity contribution in [2.75, 3.05) is 13.1 Å². The molecule has 0 saturated carbocycles. The Hall–Kier alpha value is -3.65. The molecule has 5 rings (SSSR count). The summed E-state index contributed by atoms with van der Waals surface area (Å²) < 4.78 is 3.86. The number of fused-ring (bicyclic) bond motifs is 2. The van der Waals surface area contributed by atoms with Crippen molar-refractivity contribution in [3.8, 4) is 0 Å². The summed E-state index contributed by atoms with van der Waals surface area (Å²) in [4.78, 5) is 30.5. The van der Waals surface area contributed by atoms with Gasteiger partial charge >= 0.3 is 0 Å². The molecule has 8 nitrogen and oxygen atoms in total. The summed E-state index contributed by atoms with van der Waals surface area (Å²) in [6.07, 6.45) is 2.89. The largest absolute Gasteiger partial charge is 0.389 e. The highest BCUT2D eigenvalue weighted by Gasteiger charge is 2.36. The number of carbonyl (C=O) groups is 2. The third kappa shape index (κ3) is 2.84. The van der Waals surface area contributed by atoms with Crippen molar-refractivity contribution in [1.82, 2.24) is 19.0 Å². The topological polar surface area (TPSA) is 106 Å². The predicted molar refractivity (Wildman–Crippen MR) is 112 cm³/mol. The van der Waals surface area contributed by atoms with Crippen LogP contribution in [0, 0.1) is 0 Å². The van der Waals surface area contributed by atoms with E-state index in [4.69, 9.17) is 5.73 Å². The minimum absolute atomic E-state index is 0.128. The molecule has 0 aliphatic carbocycles. The fourth-order valence-electron chi connectivity index (χ4n) is 4.27. The van der Waals surface area contributed by atoms with Gasteiger partial charge in [0.1, 0.15) is 0 Å². The zero-order valence-electron chi connectivity index (χ0n) is 16.4. The van der Waals surface area contributed by atoms with Crippen molar-refractivity contribution in [2.45, 2.75) is 12.1 Å². The van der Waals surface area contributed by atoms with Crippen LogP contribution in [0.25, 0.3) is 21.9 Å². The lowest BCUT2D eigenvalue weighted by Crippen LogP contribution is -2.29. The van der Waals surface area contributed by atoms with Crippen LogP contribution in [-0.4, -0.2) is 55.1 Å². The fourth-order valence-corrected chi connectivity index (χ4v) is 4.27. The quantitative estimate of drug-likeness (QED) is 0.543. The number of aryl methyl sites for hydroxylation is 1. The molecule has 1 fully saturated rings. The van der Waals surface area contributed by atoms with Crippen LogP contribution >= 0.6 is 0 Å². The van der Waals surface area contributed by atoms with E-state index >= 15 is 0 Å². The van der Waals surface area contributed by atoms with E-state index in [9.17, 15) is 14.7 Å². The lowest BCUT2D eigenvalue weighted by molar-refractivity contribution is 0.0764. The van der Waals surface area contributed by atoms with E-state index in [1.165, 1.54) is 0 Å². The van der Waals surface area contributed by atoms with Gasteiger partial charge in [-0.25, -0.2) is 4.98 Å².